The number of guanidine groups is 1. The van der Waals surface area contributed by atoms with Crippen molar-refractivity contribution in [3.8, 4) is 5.75 Å². The molecule has 1 aromatic heterocycles. The maximum Gasteiger partial charge on any atom is 0.230 e. The van der Waals surface area contributed by atoms with Crippen LogP contribution in [0, 0.1) is 6.92 Å². The molecule has 0 unspecified atom stereocenters. The summed E-state index contributed by atoms with van der Waals surface area (Å²) in [6.45, 7) is 3.53. The number of rotatable bonds is 3. The largest absolute Gasteiger partial charge is 0.497 e. The molecular weight excluding hydrogens is 340 g/mol. The van der Waals surface area contributed by atoms with Gasteiger partial charge in [0.15, 0.2) is 0 Å². The van der Waals surface area contributed by atoms with Crippen molar-refractivity contribution in [3.05, 3.63) is 23.9 Å². The van der Waals surface area contributed by atoms with Gasteiger partial charge in [-0.25, -0.2) is 15.0 Å². The lowest BCUT2D eigenvalue weighted by molar-refractivity contribution is 0.172. The number of nitrogens with one attached hydrogen (secondary N) is 2. The molecule has 1 aliphatic heterocycles. The summed E-state index contributed by atoms with van der Waals surface area (Å²) >= 11 is 0. The van der Waals surface area contributed by atoms with Gasteiger partial charge in [0.05, 0.1) is 31.7 Å². The highest BCUT2D eigenvalue weighted by Gasteiger charge is 2.22. The number of aliphatic imine (C=N–C) groups is 1. The molecule has 0 radical (unpaired) electrons. The summed E-state index contributed by atoms with van der Waals surface area (Å²) in [6, 6.07) is 6.49. The van der Waals surface area contributed by atoms with Crippen LogP contribution in [0.4, 0.5) is 5.95 Å². The molecule has 7 heteroatoms. The first kappa shape index (κ1) is 18.0. The van der Waals surface area contributed by atoms with Crippen LogP contribution in [0.5, 0.6) is 5.75 Å². The fraction of sp³-hybridized carbons (Fsp3) is 0.550. The number of aryl methyl sites for hydroxylation is 1. The van der Waals surface area contributed by atoms with Crippen LogP contribution in [-0.4, -0.2) is 47.3 Å². The van der Waals surface area contributed by atoms with E-state index in [1.165, 1.54) is 38.5 Å². The van der Waals surface area contributed by atoms with Gasteiger partial charge < -0.3 is 10.1 Å². The fourth-order valence-corrected chi connectivity index (χ4v) is 3.94. The third-order valence-electron chi connectivity index (χ3n) is 5.52. The molecule has 0 amide bonds. The van der Waals surface area contributed by atoms with Crippen molar-refractivity contribution >= 4 is 22.8 Å². The van der Waals surface area contributed by atoms with Crippen molar-refractivity contribution in [2.45, 2.75) is 51.5 Å². The molecule has 1 aromatic carbocycles. The van der Waals surface area contributed by atoms with Gasteiger partial charge in [-0.1, -0.05) is 25.7 Å². The van der Waals surface area contributed by atoms with Gasteiger partial charge in [-0.15, -0.1) is 0 Å². The Morgan fingerprint density at radius 2 is 1.96 bits per heavy atom. The smallest absolute Gasteiger partial charge is 0.230 e. The maximum atomic E-state index is 5.29. The van der Waals surface area contributed by atoms with E-state index in [0.29, 0.717) is 12.0 Å². The molecule has 2 N–H and O–H groups in total. The number of hydrogen-bond acceptors (Lipinski definition) is 7. The van der Waals surface area contributed by atoms with E-state index in [9.17, 15) is 0 Å². The monoisotopic (exact) mass is 368 g/mol. The molecule has 1 aliphatic carbocycles. The Morgan fingerprint density at radius 1 is 1.15 bits per heavy atom. The second-order valence-corrected chi connectivity index (χ2v) is 7.36. The minimum absolute atomic E-state index is 0.569. The number of anilines is 1. The van der Waals surface area contributed by atoms with Crippen LogP contribution >= 0.6 is 0 Å². The van der Waals surface area contributed by atoms with Gasteiger partial charge in [-0.05, 0) is 38.0 Å². The Labute approximate surface area is 160 Å². The lowest BCUT2D eigenvalue weighted by atomic mass is 10.1. The molecular formula is C20H28N6O. The van der Waals surface area contributed by atoms with Gasteiger partial charge in [-0.3, -0.25) is 10.2 Å². The van der Waals surface area contributed by atoms with Gasteiger partial charge in [0.25, 0.3) is 0 Å². The molecule has 2 heterocycles. The number of hydrogen-bond donors (Lipinski definition) is 2. The molecule has 2 aliphatic rings. The van der Waals surface area contributed by atoms with E-state index in [4.69, 9.17) is 4.74 Å². The number of fused-ring (bicyclic) bond motifs is 1. The highest BCUT2D eigenvalue weighted by atomic mass is 16.5. The normalized spacial score (nSPS) is 19.3. The predicted molar refractivity (Wildman–Crippen MR) is 108 cm³/mol. The summed E-state index contributed by atoms with van der Waals surface area (Å²) < 4.78 is 5.29. The first-order valence-corrected chi connectivity index (χ1v) is 9.85. The zero-order chi connectivity index (χ0) is 18.6. The van der Waals surface area contributed by atoms with Crippen LogP contribution in [0.2, 0.25) is 0 Å². The second kappa shape index (κ2) is 8.08. The molecule has 0 spiro atoms. The Morgan fingerprint density at radius 3 is 2.67 bits per heavy atom. The Bertz CT molecular complexity index is 829. The Balaban J connectivity index is 1.45. The van der Waals surface area contributed by atoms with Crippen LogP contribution in [0.1, 0.15) is 44.2 Å². The molecule has 1 saturated carbocycles. The average Bonchev–Trinajstić information content (AvgIpc) is 2.98. The number of aromatic nitrogens is 2. The first-order chi connectivity index (χ1) is 13.2. The maximum absolute atomic E-state index is 5.29. The average molecular weight is 368 g/mol. The van der Waals surface area contributed by atoms with Gasteiger partial charge in [-0.2, -0.15) is 0 Å². The lowest BCUT2D eigenvalue weighted by Crippen LogP contribution is -2.49. The van der Waals surface area contributed by atoms with Crippen LogP contribution in [0.3, 0.4) is 0 Å². The van der Waals surface area contributed by atoms with E-state index >= 15 is 0 Å². The van der Waals surface area contributed by atoms with Crippen LogP contribution < -0.4 is 15.4 Å². The van der Waals surface area contributed by atoms with Crippen LogP contribution in [0.15, 0.2) is 23.2 Å². The summed E-state index contributed by atoms with van der Waals surface area (Å²) in [5.74, 6) is 2.12. The second-order valence-electron chi connectivity index (χ2n) is 7.36. The number of ether oxygens (including phenoxy) is 1. The topological polar surface area (TPSA) is 74.7 Å². The van der Waals surface area contributed by atoms with E-state index in [1.807, 2.05) is 25.1 Å². The molecule has 4 rings (SSSR count). The summed E-state index contributed by atoms with van der Waals surface area (Å²) in [5.41, 5.74) is 1.81. The van der Waals surface area contributed by atoms with E-state index in [0.717, 1.165) is 41.6 Å². The van der Waals surface area contributed by atoms with E-state index in [1.54, 1.807) is 7.11 Å². The van der Waals surface area contributed by atoms with Crippen molar-refractivity contribution < 1.29 is 4.74 Å². The highest BCUT2D eigenvalue weighted by molar-refractivity contribution is 5.93. The van der Waals surface area contributed by atoms with Crippen LogP contribution in [-0.2, 0) is 0 Å². The zero-order valence-corrected chi connectivity index (χ0v) is 16.2. The van der Waals surface area contributed by atoms with Gasteiger partial charge >= 0.3 is 0 Å². The fourth-order valence-electron chi connectivity index (χ4n) is 3.94. The summed E-state index contributed by atoms with van der Waals surface area (Å²) in [7, 11) is 1.67. The SMILES string of the molecule is COc1ccc2nc(NC3=NCN(C4CCCCCC4)CN3)nc(C)c2c1. The molecule has 144 valence electrons. The van der Waals surface area contributed by atoms with Gasteiger partial charge in [0.2, 0.25) is 11.9 Å². The molecule has 0 bridgehead atoms. The van der Waals surface area contributed by atoms with Crippen molar-refractivity contribution in [1.82, 2.24) is 20.2 Å². The number of methoxy groups -OCH3 is 1. The van der Waals surface area contributed by atoms with Crippen molar-refractivity contribution in [2.24, 2.45) is 4.99 Å². The molecule has 2 aromatic rings. The third-order valence-corrected chi connectivity index (χ3v) is 5.52. The third kappa shape index (κ3) is 4.13. The molecule has 0 saturated heterocycles. The zero-order valence-electron chi connectivity index (χ0n) is 16.2. The van der Waals surface area contributed by atoms with E-state index in [2.05, 4.69) is 30.5 Å². The first-order valence-electron chi connectivity index (χ1n) is 9.85. The number of nitrogens with zero attached hydrogens (tertiary/aromatic N) is 4. The van der Waals surface area contributed by atoms with Crippen molar-refractivity contribution in [2.75, 3.05) is 25.8 Å². The lowest BCUT2D eigenvalue weighted by Gasteiger charge is -2.33. The molecule has 1 fully saturated rings. The quantitative estimate of drug-likeness (QED) is 0.810. The van der Waals surface area contributed by atoms with Crippen LogP contribution in [0.25, 0.3) is 10.9 Å². The highest BCUT2D eigenvalue weighted by Crippen LogP contribution is 2.24. The number of benzene rings is 1. The minimum atomic E-state index is 0.569. The molecule has 27 heavy (non-hydrogen) atoms. The van der Waals surface area contributed by atoms with E-state index < -0.39 is 0 Å². The Hall–Kier alpha value is -2.41. The summed E-state index contributed by atoms with van der Waals surface area (Å²) in [4.78, 5) is 16.3. The van der Waals surface area contributed by atoms with Crippen molar-refractivity contribution in [1.29, 1.82) is 0 Å². The Kier molecular flexibility index (Phi) is 5.38. The molecule has 7 nitrogen and oxygen atoms in total. The standard InChI is InChI=1S/C20H28N6O/c1-14-17-11-16(27-2)9-10-18(17)24-20(23-14)25-19-21-12-26(13-22-19)15-7-5-3-4-6-8-15/h9-11,15H,3-8,12-13H2,1-2H3,(H2,21,22,23,24,25). The predicted octanol–water partition coefficient (Wildman–Crippen LogP) is 3.26. The summed E-state index contributed by atoms with van der Waals surface area (Å²) in [5, 5.41) is 7.62. The minimum Gasteiger partial charge on any atom is -0.497 e. The van der Waals surface area contributed by atoms with Gasteiger partial charge in [0.1, 0.15) is 5.75 Å². The van der Waals surface area contributed by atoms with Crippen molar-refractivity contribution in [3.63, 3.8) is 0 Å². The van der Waals surface area contributed by atoms with E-state index in [-0.39, 0.29) is 0 Å². The molecule has 0 atom stereocenters. The van der Waals surface area contributed by atoms with Gasteiger partial charge in [0, 0.05) is 11.4 Å². The summed E-state index contributed by atoms with van der Waals surface area (Å²) in [6.07, 6.45) is 8.00.